The van der Waals surface area contributed by atoms with E-state index in [2.05, 4.69) is 4.72 Å². The molecular weight excluding hydrogens is 456 g/mol. The third kappa shape index (κ3) is 4.83. The fourth-order valence-corrected chi connectivity index (χ4v) is 6.50. The van der Waals surface area contributed by atoms with Crippen molar-refractivity contribution in [2.75, 3.05) is 36.5 Å². The van der Waals surface area contributed by atoms with Crippen LogP contribution in [0, 0.1) is 0 Å². The molecule has 2 aromatic rings. The molecule has 2 aromatic carbocycles. The van der Waals surface area contributed by atoms with E-state index in [1.165, 1.54) is 41.3 Å². The first-order chi connectivity index (χ1) is 15.1. The second-order valence-electron chi connectivity index (χ2n) is 7.81. The molecule has 0 saturated carbocycles. The standard InChI is InChI=1S/C21H24N2O7S2/c1-23(17-9-12-31(25,26)14-17)21(24)15-3-5-16(6-4-15)22-32(27,28)18-7-8-19-20(13-18)30-11-2-10-29-19/h3-8,13,17,22H,2,9-12,14H2,1H3/t17-/m1/s1. The molecule has 0 unspecified atom stereocenters. The van der Waals surface area contributed by atoms with E-state index in [-0.39, 0.29) is 28.4 Å². The van der Waals surface area contributed by atoms with Crippen LogP contribution >= 0.6 is 0 Å². The fraction of sp³-hybridized carbons (Fsp3) is 0.381. The normalized spacial score (nSPS) is 19.7. The van der Waals surface area contributed by atoms with E-state index < -0.39 is 19.9 Å². The van der Waals surface area contributed by atoms with Gasteiger partial charge in [0.15, 0.2) is 21.3 Å². The lowest BCUT2D eigenvalue weighted by Crippen LogP contribution is -2.37. The number of nitrogens with zero attached hydrogens (tertiary/aromatic N) is 1. The Morgan fingerprint density at radius 3 is 2.41 bits per heavy atom. The van der Waals surface area contributed by atoms with Crippen molar-refractivity contribution >= 4 is 31.5 Å². The van der Waals surface area contributed by atoms with Crippen LogP contribution in [-0.2, 0) is 19.9 Å². The van der Waals surface area contributed by atoms with Crippen LogP contribution in [0.3, 0.4) is 0 Å². The van der Waals surface area contributed by atoms with Crippen molar-refractivity contribution < 1.29 is 31.1 Å². The number of anilines is 1. The number of carbonyl (C=O) groups is 1. The summed E-state index contributed by atoms with van der Waals surface area (Å²) in [6.45, 7) is 0.953. The highest BCUT2D eigenvalue weighted by molar-refractivity contribution is 7.92. The van der Waals surface area contributed by atoms with Gasteiger partial charge in [-0.1, -0.05) is 0 Å². The molecule has 1 N–H and O–H groups in total. The Bertz CT molecular complexity index is 1230. The molecule has 0 spiro atoms. The maximum atomic E-state index is 12.8. The van der Waals surface area contributed by atoms with Crippen LogP contribution < -0.4 is 14.2 Å². The summed E-state index contributed by atoms with van der Waals surface area (Å²) in [5.41, 5.74) is 0.634. The lowest BCUT2D eigenvalue weighted by Gasteiger charge is -2.23. The summed E-state index contributed by atoms with van der Waals surface area (Å²) >= 11 is 0. The second kappa shape index (κ2) is 8.62. The van der Waals surface area contributed by atoms with Gasteiger partial charge in [0, 0.05) is 36.8 Å². The predicted octanol–water partition coefficient (Wildman–Crippen LogP) is 1.91. The highest BCUT2D eigenvalue weighted by atomic mass is 32.2. The number of amides is 1. The van der Waals surface area contributed by atoms with Crippen molar-refractivity contribution in [1.29, 1.82) is 0 Å². The van der Waals surface area contributed by atoms with Crippen molar-refractivity contribution in [2.45, 2.75) is 23.8 Å². The van der Waals surface area contributed by atoms with Gasteiger partial charge in [-0.25, -0.2) is 16.8 Å². The maximum absolute atomic E-state index is 12.8. The zero-order valence-electron chi connectivity index (χ0n) is 17.5. The zero-order chi connectivity index (χ0) is 22.9. The van der Waals surface area contributed by atoms with Crippen LogP contribution in [0.2, 0.25) is 0 Å². The highest BCUT2D eigenvalue weighted by Crippen LogP contribution is 2.32. The molecule has 1 atom stereocenters. The van der Waals surface area contributed by atoms with Crippen molar-refractivity contribution in [3.8, 4) is 11.5 Å². The van der Waals surface area contributed by atoms with Crippen LogP contribution in [0.5, 0.6) is 11.5 Å². The Morgan fingerprint density at radius 2 is 1.75 bits per heavy atom. The predicted molar refractivity (Wildman–Crippen MR) is 118 cm³/mol. The average molecular weight is 481 g/mol. The van der Waals surface area contributed by atoms with Gasteiger partial charge in [-0.2, -0.15) is 0 Å². The summed E-state index contributed by atoms with van der Waals surface area (Å²) in [4.78, 5) is 14.2. The monoisotopic (exact) mass is 480 g/mol. The number of benzene rings is 2. The molecule has 2 heterocycles. The molecular formula is C21H24N2O7S2. The van der Waals surface area contributed by atoms with Gasteiger partial charge in [0.1, 0.15) is 0 Å². The Morgan fingerprint density at radius 1 is 1.06 bits per heavy atom. The van der Waals surface area contributed by atoms with Gasteiger partial charge in [0.2, 0.25) is 0 Å². The van der Waals surface area contributed by atoms with E-state index in [0.717, 1.165) is 0 Å². The van der Waals surface area contributed by atoms with Gasteiger partial charge in [-0.15, -0.1) is 0 Å². The maximum Gasteiger partial charge on any atom is 0.262 e. The summed E-state index contributed by atoms with van der Waals surface area (Å²) in [5, 5.41) is 0. The Hall–Kier alpha value is -2.79. The van der Waals surface area contributed by atoms with Gasteiger partial charge in [0.25, 0.3) is 15.9 Å². The Labute approximate surface area is 187 Å². The molecule has 0 radical (unpaired) electrons. The number of hydrogen-bond acceptors (Lipinski definition) is 7. The molecule has 2 aliphatic heterocycles. The average Bonchev–Trinajstić information content (AvgIpc) is 2.97. The van der Waals surface area contributed by atoms with E-state index in [1.54, 1.807) is 13.1 Å². The number of fused-ring (bicyclic) bond motifs is 1. The summed E-state index contributed by atoms with van der Waals surface area (Å²) in [6, 6.07) is 10.1. The van der Waals surface area contributed by atoms with Crippen LogP contribution in [0.25, 0.3) is 0 Å². The molecule has 9 nitrogen and oxygen atoms in total. The minimum Gasteiger partial charge on any atom is -0.490 e. The third-order valence-electron chi connectivity index (χ3n) is 5.49. The zero-order valence-corrected chi connectivity index (χ0v) is 19.1. The molecule has 4 rings (SSSR count). The number of sulfone groups is 1. The summed E-state index contributed by atoms with van der Waals surface area (Å²) in [6.07, 6.45) is 1.13. The number of carbonyl (C=O) groups excluding carboxylic acids is 1. The third-order valence-corrected chi connectivity index (χ3v) is 8.62. The van der Waals surface area contributed by atoms with E-state index in [4.69, 9.17) is 9.47 Å². The first-order valence-corrected chi connectivity index (χ1v) is 13.5. The van der Waals surface area contributed by atoms with Gasteiger partial charge < -0.3 is 14.4 Å². The summed E-state index contributed by atoms with van der Waals surface area (Å²) in [7, 11) is -5.41. The van der Waals surface area contributed by atoms with Crippen molar-refractivity contribution in [3.63, 3.8) is 0 Å². The fourth-order valence-electron chi connectivity index (χ4n) is 3.66. The minimum absolute atomic E-state index is 0.0316. The van der Waals surface area contributed by atoms with Gasteiger partial charge in [-0.3, -0.25) is 9.52 Å². The molecule has 1 amide bonds. The molecule has 2 aliphatic rings. The number of hydrogen-bond donors (Lipinski definition) is 1. The van der Waals surface area contributed by atoms with Crippen molar-refractivity contribution in [1.82, 2.24) is 4.90 Å². The SMILES string of the molecule is CN(C(=O)c1ccc(NS(=O)(=O)c2ccc3c(c2)OCCCO3)cc1)[C@@H]1CCS(=O)(=O)C1. The van der Waals surface area contributed by atoms with E-state index >= 15 is 0 Å². The van der Waals surface area contributed by atoms with E-state index in [0.29, 0.717) is 48.8 Å². The quantitative estimate of drug-likeness (QED) is 0.694. The number of ether oxygens (including phenoxy) is 2. The van der Waals surface area contributed by atoms with Crippen molar-refractivity contribution in [2.24, 2.45) is 0 Å². The molecule has 32 heavy (non-hydrogen) atoms. The largest absolute Gasteiger partial charge is 0.490 e. The lowest BCUT2D eigenvalue weighted by atomic mass is 10.1. The summed E-state index contributed by atoms with van der Waals surface area (Å²) in [5.74, 6) is 0.606. The molecule has 1 saturated heterocycles. The Kier molecular flexibility index (Phi) is 6.04. The molecule has 0 aliphatic carbocycles. The minimum atomic E-state index is -3.88. The van der Waals surface area contributed by atoms with Crippen LogP contribution in [0.4, 0.5) is 5.69 Å². The smallest absolute Gasteiger partial charge is 0.262 e. The Balaban J connectivity index is 1.46. The van der Waals surface area contributed by atoms with Crippen molar-refractivity contribution in [3.05, 3.63) is 48.0 Å². The van der Waals surface area contributed by atoms with E-state index in [9.17, 15) is 21.6 Å². The van der Waals surface area contributed by atoms with Crippen LogP contribution in [0.1, 0.15) is 23.2 Å². The molecule has 0 aromatic heterocycles. The van der Waals surface area contributed by atoms with Crippen LogP contribution in [0.15, 0.2) is 47.4 Å². The first-order valence-electron chi connectivity index (χ1n) is 10.1. The lowest BCUT2D eigenvalue weighted by molar-refractivity contribution is 0.0747. The number of rotatable bonds is 5. The van der Waals surface area contributed by atoms with E-state index in [1.807, 2.05) is 0 Å². The first kappa shape index (κ1) is 22.4. The second-order valence-corrected chi connectivity index (χ2v) is 11.7. The summed E-state index contributed by atoms with van der Waals surface area (Å²) < 4.78 is 62.5. The number of nitrogens with one attached hydrogen (secondary N) is 1. The molecule has 0 bridgehead atoms. The topological polar surface area (TPSA) is 119 Å². The molecule has 11 heteroatoms. The van der Waals surface area contributed by atoms with Gasteiger partial charge in [0.05, 0.1) is 29.6 Å². The molecule has 1 fully saturated rings. The van der Waals surface area contributed by atoms with Gasteiger partial charge >= 0.3 is 0 Å². The highest BCUT2D eigenvalue weighted by Gasteiger charge is 2.33. The van der Waals surface area contributed by atoms with Gasteiger partial charge in [-0.05, 0) is 42.8 Å². The van der Waals surface area contributed by atoms with Crippen LogP contribution in [-0.4, -0.2) is 65.5 Å². The molecule has 172 valence electrons. The number of sulfonamides is 1.